The van der Waals surface area contributed by atoms with Gasteiger partial charge in [-0.2, -0.15) is 4.36 Å². The molecule has 4 rings (SSSR count). The van der Waals surface area contributed by atoms with Crippen LogP contribution in [0.25, 0.3) is 0 Å². The van der Waals surface area contributed by atoms with Gasteiger partial charge in [0.2, 0.25) is 5.91 Å². The summed E-state index contributed by atoms with van der Waals surface area (Å²) in [6.45, 7) is 1.78. The molecule has 0 aliphatic carbocycles. The number of carbonyl (C=O) groups excluding carboxylic acids is 3. The van der Waals surface area contributed by atoms with Gasteiger partial charge in [0.15, 0.2) is 5.76 Å². The highest BCUT2D eigenvalue weighted by Crippen LogP contribution is 2.17. The van der Waals surface area contributed by atoms with Crippen molar-refractivity contribution < 1.29 is 23.0 Å². The second kappa shape index (κ2) is 12.0. The van der Waals surface area contributed by atoms with E-state index in [0.29, 0.717) is 16.8 Å². The van der Waals surface area contributed by atoms with E-state index in [9.17, 15) is 18.6 Å². The summed E-state index contributed by atoms with van der Waals surface area (Å²) in [4.78, 5) is 41.8. The van der Waals surface area contributed by atoms with Gasteiger partial charge in [0, 0.05) is 46.7 Å². The van der Waals surface area contributed by atoms with Crippen LogP contribution in [-0.2, 0) is 14.5 Å². The van der Waals surface area contributed by atoms with Gasteiger partial charge in [0.1, 0.15) is 5.75 Å². The number of nitrogens with zero attached hydrogens (tertiary/aromatic N) is 2. The summed E-state index contributed by atoms with van der Waals surface area (Å²) in [5, 5.41) is 5.20. The van der Waals surface area contributed by atoms with Gasteiger partial charge in [-0.3, -0.25) is 19.4 Å². The van der Waals surface area contributed by atoms with Crippen molar-refractivity contribution in [1.29, 1.82) is 0 Å². The van der Waals surface area contributed by atoms with Crippen molar-refractivity contribution in [2.45, 2.75) is 11.8 Å². The van der Waals surface area contributed by atoms with Crippen molar-refractivity contribution in [3.05, 3.63) is 113 Å². The number of benzene rings is 2. The Morgan fingerprint density at radius 3 is 2.46 bits per heavy atom. The summed E-state index contributed by atoms with van der Waals surface area (Å²) in [5.41, 5.74) is 2.38. The Morgan fingerprint density at radius 2 is 1.74 bits per heavy atom. The standard InChI is InChI=1S/C29H24N4O5S/c1-20-13-14-38-27(20)29(36)32-24-8-6-7-21(16-24)11-12-22-15-23(18-31-17-22)28(35)33-39(37,19-26(34)30-2)25-9-4-3-5-10-25/h3-10,13-18H,19H2,1-2H3,(H,30,34)(H,32,36)/t39-/m0/s1. The highest BCUT2D eigenvalue weighted by atomic mass is 32.2. The molecule has 0 radical (unpaired) electrons. The molecule has 0 aliphatic rings. The first-order valence-electron chi connectivity index (χ1n) is 11.7. The van der Waals surface area contributed by atoms with Crippen molar-refractivity contribution in [3.8, 4) is 11.8 Å². The van der Waals surface area contributed by atoms with Crippen LogP contribution < -0.4 is 10.6 Å². The number of rotatable bonds is 6. The fourth-order valence-electron chi connectivity index (χ4n) is 3.48. The van der Waals surface area contributed by atoms with Crippen molar-refractivity contribution >= 4 is 33.1 Å². The molecular formula is C29H24N4O5S. The number of hydrogen-bond acceptors (Lipinski definition) is 6. The maximum atomic E-state index is 13.6. The number of aromatic nitrogens is 1. The molecule has 0 fully saturated rings. The Morgan fingerprint density at radius 1 is 0.974 bits per heavy atom. The number of furan rings is 1. The lowest BCUT2D eigenvalue weighted by Crippen LogP contribution is -2.27. The predicted molar refractivity (Wildman–Crippen MR) is 147 cm³/mol. The Balaban J connectivity index is 1.57. The second-order valence-corrected chi connectivity index (χ2v) is 10.6. The predicted octanol–water partition coefficient (Wildman–Crippen LogP) is 4.05. The molecule has 3 amide bonds. The van der Waals surface area contributed by atoms with Crippen LogP contribution in [0.3, 0.4) is 0 Å². The SMILES string of the molecule is CNC(=O)C[S@@](=O)(=NC(=O)c1cncc(C#Cc2cccc(NC(=O)c3occc3C)c2)c1)c1ccccc1. The number of amides is 3. The molecule has 0 bridgehead atoms. The van der Waals surface area contributed by atoms with Crippen molar-refractivity contribution in [2.24, 2.45) is 4.36 Å². The maximum Gasteiger partial charge on any atom is 0.291 e. The number of carbonyl (C=O) groups is 3. The van der Waals surface area contributed by atoms with Gasteiger partial charge in [-0.15, -0.1) is 0 Å². The zero-order valence-electron chi connectivity index (χ0n) is 21.1. The molecule has 2 aromatic heterocycles. The van der Waals surface area contributed by atoms with E-state index in [0.717, 1.165) is 5.56 Å². The third kappa shape index (κ3) is 6.85. The highest BCUT2D eigenvalue weighted by Gasteiger charge is 2.20. The molecule has 39 heavy (non-hydrogen) atoms. The molecule has 2 heterocycles. The van der Waals surface area contributed by atoms with E-state index in [1.54, 1.807) is 67.6 Å². The third-order valence-electron chi connectivity index (χ3n) is 5.47. The van der Waals surface area contributed by atoms with E-state index < -0.39 is 27.3 Å². The molecule has 196 valence electrons. The van der Waals surface area contributed by atoms with Crippen LogP contribution >= 0.6 is 0 Å². The van der Waals surface area contributed by atoms with Gasteiger partial charge in [-0.05, 0) is 49.4 Å². The first kappa shape index (κ1) is 27.0. The van der Waals surface area contributed by atoms with Gasteiger partial charge >= 0.3 is 0 Å². The normalized spacial score (nSPS) is 11.8. The Bertz CT molecular complexity index is 1720. The van der Waals surface area contributed by atoms with Gasteiger partial charge in [-0.25, -0.2) is 4.21 Å². The number of pyridine rings is 1. The average molecular weight is 541 g/mol. The van der Waals surface area contributed by atoms with Crippen LogP contribution in [0.4, 0.5) is 5.69 Å². The second-order valence-electron chi connectivity index (χ2n) is 8.35. The van der Waals surface area contributed by atoms with Crippen LogP contribution in [0.15, 0.2) is 99.1 Å². The maximum absolute atomic E-state index is 13.6. The molecule has 0 spiro atoms. The van der Waals surface area contributed by atoms with Crippen LogP contribution in [0.2, 0.25) is 0 Å². The first-order valence-corrected chi connectivity index (χ1v) is 13.4. The van der Waals surface area contributed by atoms with Gasteiger partial charge in [-0.1, -0.05) is 36.1 Å². The van der Waals surface area contributed by atoms with Gasteiger partial charge in [0.05, 0.1) is 21.6 Å². The van der Waals surface area contributed by atoms with E-state index in [1.165, 1.54) is 31.8 Å². The zero-order chi connectivity index (χ0) is 27.8. The minimum Gasteiger partial charge on any atom is -0.459 e. The van der Waals surface area contributed by atoms with Crippen molar-refractivity contribution in [1.82, 2.24) is 10.3 Å². The van der Waals surface area contributed by atoms with Gasteiger partial charge < -0.3 is 15.1 Å². The van der Waals surface area contributed by atoms with E-state index in [1.807, 2.05) is 0 Å². The van der Waals surface area contributed by atoms with Crippen LogP contribution in [0.1, 0.15) is 37.6 Å². The molecule has 2 aromatic carbocycles. The molecule has 1 atom stereocenters. The molecule has 2 N–H and O–H groups in total. The lowest BCUT2D eigenvalue weighted by Gasteiger charge is -2.09. The molecule has 4 aromatic rings. The summed E-state index contributed by atoms with van der Waals surface area (Å²) in [5.74, 6) is 4.04. The summed E-state index contributed by atoms with van der Waals surface area (Å²) >= 11 is 0. The van der Waals surface area contributed by atoms with Crippen molar-refractivity contribution in [3.63, 3.8) is 0 Å². The topological polar surface area (TPSA) is 131 Å². The fraction of sp³-hybridized carbons (Fsp3) is 0.103. The molecule has 0 saturated heterocycles. The molecule has 0 saturated carbocycles. The molecule has 0 aliphatic heterocycles. The quantitative estimate of drug-likeness (QED) is 0.355. The van der Waals surface area contributed by atoms with E-state index in [-0.39, 0.29) is 22.1 Å². The first-order chi connectivity index (χ1) is 18.8. The lowest BCUT2D eigenvalue weighted by molar-refractivity contribution is -0.118. The zero-order valence-corrected chi connectivity index (χ0v) is 22.0. The summed E-state index contributed by atoms with van der Waals surface area (Å²) in [7, 11) is -1.95. The van der Waals surface area contributed by atoms with E-state index in [2.05, 4.69) is 31.8 Å². The van der Waals surface area contributed by atoms with E-state index in [4.69, 9.17) is 4.42 Å². The van der Waals surface area contributed by atoms with Crippen molar-refractivity contribution in [2.75, 3.05) is 18.1 Å². The molecule has 9 nitrogen and oxygen atoms in total. The number of aryl methyl sites for hydroxylation is 1. The minimum atomic E-state index is -3.37. The molecule has 0 unspecified atom stereocenters. The Labute approximate surface area is 225 Å². The fourth-order valence-corrected chi connectivity index (χ4v) is 5.27. The molecular weight excluding hydrogens is 516 g/mol. The summed E-state index contributed by atoms with van der Waals surface area (Å²) < 4.78 is 22.8. The lowest BCUT2D eigenvalue weighted by atomic mass is 10.1. The van der Waals surface area contributed by atoms with Crippen LogP contribution in [-0.4, -0.2) is 39.7 Å². The molecule has 10 heteroatoms. The van der Waals surface area contributed by atoms with E-state index >= 15 is 0 Å². The highest BCUT2D eigenvalue weighted by molar-refractivity contribution is 7.94. The monoisotopic (exact) mass is 540 g/mol. The number of anilines is 1. The largest absolute Gasteiger partial charge is 0.459 e. The average Bonchev–Trinajstić information content (AvgIpc) is 3.38. The third-order valence-corrected chi connectivity index (χ3v) is 7.60. The smallest absolute Gasteiger partial charge is 0.291 e. The number of nitrogens with one attached hydrogen (secondary N) is 2. The minimum absolute atomic E-state index is 0.0807. The number of hydrogen-bond donors (Lipinski definition) is 2. The van der Waals surface area contributed by atoms with Crippen LogP contribution in [0, 0.1) is 18.8 Å². The summed E-state index contributed by atoms with van der Waals surface area (Å²) in [6, 6.07) is 18.3. The van der Waals surface area contributed by atoms with Gasteiger partial charge in [0.25, 0.3) is 11.8 Å². The summed E-state index contributed by atoms with van der Waals surface area (Å²) in [6.07, 6.45) is 4.23. The Kier molecular flexibility index (Phi) is 8.33. The Hall–Kier alpha value is -5.01. The van der Waals surface area contributed by atoms with Crippen LogP contribution in [0.5, 0.6) is 0 Å².